The summed E-state index contributed by atoms with van der Waals surface area (Å²) in [5.74, 6) is -2.57. The van der Waals surface area contributed by atoms with Gasteiger partial charge in [0.2, 0.25) is 0 Å². The van der Waals surface area contributed by atoms with Crippen LogP contribution in [-0.4, -0.2) is 11.8 Å². The van der Waals surface area contributed by atoms with Gasteiger partial charge in [-0.1, -0.05) is 45.0 Å². The summed E-state index contributed by atoms with van der Waals surface area (Å²) in [4.78, 5) is 21.7. The summed E-state index contributed by atoms with van der Waals surface area (Å²) in [6.45, 7) is 5.85. The molecule has 1 atom stereocenters. The van der Waals surface area contributed by atoms with Gasteiger partial charge in [0.25, 0.3) is 0 Å². The van der Waals surface area contributed by atoms with Crippen molar-refractivity contribution in [3.05, 3.63) is 35.4 Å². The van der Waals surface area contributed by atoms with E-state index in [2.05, 4.69) is 13.8 Å². The van der Waals surface area contributed by atoms with Gasteiger partial charge >= 0.3 is 29.6 Å². The minimum absolute atomic E-state index is 0. The number of Topliss-reactive ketones (excluding diaryl/α,β-unsaturated/α-hetero) is 1. The van der Waals surface area contributed by atoms with Crippen molar-refractivity contribution in [2.45, 2.75) is 33.1 Å². The molecule has 0 spiro atoms. The smallest absolute Gasteiger partial charge is 0.542 e. The summed E-state index contributed by atoms with van der Waals surface area (Å²) in [7, 11) is 0. The number of carbonyl (C=O) groups is 2. The monoisotopic (exact) mass is 256 g/mol. The fourth-order valence-electron chi connectivity index (χ4n) is 1.74. The van der Waals surface area contributed by atoms with E-state index in [1.165, 1.54) is 5.56 Å². The summed E-state index contributed by atoms with van der Waals surface area (Å²) in [6, 6.07) is 7.50. The Morgan fingerprint density at radius 1 is 1.11 bits per heavy atom. The van der Waals surface area contributed by atoms with E-state index in [0.717, 1.165) is 6.42 Å². The SMILES string of the molecule is CC(C)Cc1ccc(C(C)C(=O)C(=O)[O-])cc1.[Na+]. The maximum atomic E-state index is 11.2. The molecule has 0 bridgehead atoms. The second-order valence-corrected chi connectivity index (χ2v) is 4.71. The zero-order valence-electron chi connectivity index (χ0n) is 11.4. The molecule has 4 heteroatoms. The maximum absolute atomic E-state index is 11.2. The number of carboxylic acid groups (broad SMARTS) is 1. The average molecular weight is 256 g/mol. The van der Waals surface area contributed by atoms with Crippen LogP contribution < -0.4 is 34.7 Å². The average Bonchev–Trinajstić information content (AvgIpc) is 2.27. The summed E-state index contributed by atoms with van der Waals surface area (Å²) < 4.78 is 0. The number of rotatable bonds is 5. The van der Waals surface area contributed by atoms with E-state index < -0.39 is 17.7 Å². The molecule has 1 aromatic carbocycles. The van der Waals surface area contributed by atoms with E-state index in [1.54, 1.807) is 6.92 Å². The Morgan fingerprint density at radius 3 is 2.00 bits per heavy atom. The zero-order chi connectivity index (χ0) is 13.0. The molecule has 1 aromatic rings. The van der Waals surface area contributed by atoms with Crippen LogP contribution >= 0.6 is 0 Å². The third-order valence-electron chi connectivity index (χ3n) is 2.72. The number of hydrogen-bond acceptors (Lipinski definition) is 3. The van der Waals surface area contributed by atoms with Crippen LogP contribution in [0.3, 0.4) is 0 Å². The van der Waals surface area contributed by atoms with Gasteiger partial charge in [-0.3, -0.25) is 4.79 Å². The first-order valence-corrected chi connectivity index (χ1v) is 5.75. The molecule has 1 unspecified atom stereocenters. The van der Waals surface area contributed by atoms with Gasteiger partial charge in [-0.2, -0.15) is 0 Å². The number of benzene rings is 1. The van der Waals surface area contributed by atoms with Crippen molar-refractivity contribution in [3.63, 3.8) is 0 Å². The van der Waals surface area contributed by atoms with Crippen LogP contribution in [0.1, 0.15) is 37.8 Å². The van der Waals surface area contributed by atoms with E-state index in [4.69, 9.17) is 0 Å². The van der Waals surface area contributed by atoms with Gasteiger partial charge in [0, 0.05) is 5.92 Å². The molecule has 92 valence electrons. The van der Waals surface area contributed by atoms with Crippen LogP contribution in [0.4, 0.5) is 0 Å². The molecule has 18 heavy (non-hydrogen) atoms. The zero-order valence-corrected chi connectivity index (χ0v) is 13.4. The Morgan fingerprint density at radius 2 is 1.61 bits per heavy atom. The number of aliphatic carboxylic acids is 1. The fraction of sp³-hybridized carbons (Fsp3) is 0.429. The van der Waals surface area contributed by atoms with Crippen molar-refractivity contribution in [1.29, 1.82) is 0 Å². The van der Waals surface area contributed by atoms with Crippen LogP contribution in [-0.2, 0) is 16.0 Å². The van der Waals surface area contributed by atoms with Crippen molar-refractivity contribution in [2.75, 3.05) is 0 Å². The van der Waals surface area contributed by atoms with Gasteiger partial charge in [-0.15, -0.1) is 0 Å². The Hall–Kier alpha value is -0.640. The number of carboxylic acids is 1. The molecule has 1 rings (SSSR count). The topological polar surface area (TPSA) is 57.2 Å². The normalized spacial score (nSPS) is 11.8. The molecule has 0 aromatic heterocycles. The Bertz CT molecular complexity index is 410. The van der Waals surface area contributed by atoms with Crippen molar-refractivity contribution in [1.82, 2.24) is 0 Å². The summed E-state index contributed by atoms with van der Waals surface area (Å²) in [6.07, 6.45) is 0.975. The molecule has 0 fully saturated rings. The van der Waals surface area contributed by atoms with E-state index in [-0.39, 0.29) is 29.6 Å². The first kappa shape index (κ1) is 17.4. The van der Waals surface area contributed by atoms with Gasteiger partial charge in [0.05, 0.1) is 0 Å². The number of ketones is 1. The Kier molecular flexibility index (Phi) is 7.45. The van der Waals surface area contributed by atoms with Crippen molar-refractivity contribution >= 4 is 11.8 Å². The molecule has 0 radical (unpaired) electrons. The van der Waals surface area contributed by atoms with Gasteiger partial charge in [-0.05, 0) is 23.5 Å². The molecule has 0 aliphatic rings. The van der Waals surface area contributed by atoms with E-state index >= 15 is 0 Å². The van der Waals surface area contributed by atoms with Crippen molar-refractivity contribution in [2.24, 2.45) is 5.92 Å². The minimum atomic E-state index is -1.62. The molecule has 0 saturated carbocycles. The second kappa shape index (κ2) is 7.72. The van der Waals surface area contributed by atoms with Gasteiger partial charge in [0.15, 0.2) is 5.78 Å². The molecule has 0 aliphatic heterocycles. The van der Waals surface area contributed by atoms with E-state index in [1.807, 2.05) is 24.3 Å². The molecule has 0 saturated heterocycles. The second-order valence-electron chi connectivity index (χ2n) is 4.71. The summed E-state index contributed by atoms with van der Waals surface area (Å²) in [5, 5.41) is 10.5. The van der Waals surface area contributed by atoms with E-state index in [0.29, 0.717) is 11.5 Å². The van der Waals surface area contributed by atoms with E-state index in [9.17, 15) is 14.7 Å². The van der Waals surface area contributed by atoms with Gasteiger partial charge < -0.3 is 9.90 Å². The third kappa shape index (κ3) is 4.92. The van der Waals surface area contributed by atoms with Crippen LogP contribution in [0.5, 0.6) is 0 Å². The molecule has 0 N–H and O–H groups in total. The Balaban J connectivity index is 0.00000289. The molecular weight excluding hydrogens is 239 g/mol. The van der Waals surface area contributed by atoms with Crippen LogP contribution in [0.15, 0.2) is 24.3 Å². The Labute approximate surface area is 130 Å². The molecule has 0 heterocycles. The standard InChI is InChI=1S/C14H18O3.Na/c1-9(2)8-11-4-6-12(7-5-11)10(3)13(15)14(16)17;/h4-7,9-10H,8H2,1-3H3,(H,16,17);/q;+1/p-1. The van der Waals surface area contributed by atoms with Gasteiger partial charge in [0.1, 0.15) is 5.97 Å². The number of hydrogen-bond donors (Lipinski definition) is 0. The maximum Gasteiger partial charge on any atom is 1.00 e. The van der Waals surface area contributed by atoms with Crippen LogP contribution in [0.2, 0.25) is 0 Å². The quantitative estimate of drug-likeness (QED) is 0.467. The fourth-order valence-corrected chi connectivity index (χ4v) is 1.74. The summed E-state index contributed by atoms with van der Waals surface area (Å²) >= 11 is 0. The predicted molar refractivity (Wildman–Crippen MR) is 63.4 cm³/mol. The first-order chi connectivity index (χ1) is 7.91. The third-order valence-corrected chi connectivity index (χ3v) is 2.72. The van der Waals surface area contributed by atoms with Gasteiger partial charge in [-0.25, -0.2) is 0 Å². The van der Waals surface area contributed by atoms with Crippen molar-refractivity contribution in [3.8, 4) is 0 Å². The molecule has 0 amide bonds. The number of carbonyl (C=O) groups excluding carboxylic acids is 2. The first-order valence-electron chi connectivity index (χ1n) is 5.75. The largest absolute Gasteiger partial charge is 1.00 e. The van der Waals surface area contributed by atoms with Crippen LogP contribution in [0.25, 0.3) is 0 Å². The van der Waals surface area contributed by atoms with Crippen molar-refractivity contribution < 1.29 is 44.3 Å². The molecular formula is C14H17NaO3. The predicted octanol–water partition coefficient (Wildman–Crippen LogP) is -1.69. The summed E-state index contributed by atoms with van der Waals surface area (Å²) in [5.41, 5.74) is 1.91. The van der Waals surface area contributed by atoms with Crippen LogP contribution in [0, 0.1) is 5.92 Å². The molecule has 0 aliphatic carbocycles. The molecule has 3 nitrogen and oxygen atoms in total. The minimum Gasteiger partial charge on any atom is -0.542 e.